The SMILES string of the molecule is COc1ccc(CN2CCN(c3ccc(Cl)cc3Cl)[C@@H](c3ccc(Cl)cc3)[C@H]2CO)cc1. The summed E-state index contributed by atoms with van der Waals surface area (Å²) in [5.41, 5.74) is 3.13. The van der Waals surface area contributed by atoms with E-state index in [1.54, 1.807) is 13.2 Å². The van der Waals surface area contributed by atoms with Crippen LogP contribution >= 0.6 is 34.8 Å². The Balaban J connectivity index is 1.69. The first kappa shape index (κ1) is 23.2. The Kier molecular flexibility index (Phi) is 7.49. The monoisotopic (exact) mass is 490 g/mol. The summed E-state index contributed by atoms with van der Waals surface area (Å²) in [6.07, 6.45) is 0. The summed E-state index contributed by atoms with van der Waals surface area (Å²) in [7, 11) is 1.66. The average molecular weight is 492 g/mol. The van der Waals surface area contributed by atoms with E-state index in [0.717, 1.165) is 42.2 Å². The number of halogens is 3. The zero-order chi connectivity index (χ0) is 22.7. The van der Waals surface area contributed by atoms with Gasteiger partial charge in [-0.25, -0.2) is 0 Å². The molecular weight excluding hydrogens is 467 g/mol. The Morgan fingerprint density at radius 2 is 1.59 bits per heavy atom. The number of nitrogens with zero attached hydrogens (tertiary/aromatic N) is 2. The van der Waals surface area contributed by atoms with Gasteiger partial charge in [0.2, 0.25) is 0 Å². The van der Waals surface area contributed by atoms with Crippen molar-refractivity contribution in [3.05, 3.63) is 92.9 Å². The molecular formula is C25H25Cl3N2O2. The van der Waals surface area contributed by atoms with Gasteiger partial charge in [0, 0.05) is 29.7 Å². The predicted octanol–water partition coefficient (Wildman–Crippen LogP) is 6.08. The summed E-state index contributed by atoms with van der Waals surface area (Å²) < 4.78 is 5.28. The second-order valence-electron chi connectivity index (χ2n) is 7.85. The molecule has 0 bridgehead atoms. The molecule has 1 fully saturated rings. The highest BCUT2D eigenvalue weighted by Gasteiger charge is 2.38. The molecule has 2 atom stereocenters. The van der Waals surface area contributed by atoms with Gasteiger partial charge in [-0.1, -0.05) is 59.1 Å². The highest BCUT2D eigenvalue weighted by molar-refractivity contribution is 6.36. The Labute approximate surface area is 203 Å². The number of ether oxygens (including phenoxy) is 1. The third-order valence-electron chi connectivity index (χ3n) is 5.96. The minimum Gasteiger partial charge on any atom is -0.497 e. The van der Waals surface area contributed by atoms with Crippen LogP contribution in [0.15, 0.2) is 66.7 Å². The maximum absolute atomic E-state index is 10.5. The van der Waals surface area contributed by atoms with Gasteiger partial charge in [0.25, 0.3) is 0 Å². The van der Waals surface area contributed by atoms with Gasteiger partial charge in [-0.3, -0.25) is 4.90 Å². The average Bonchev–Trinajstić information content (AvgIpc) is 2.80. The molecule has 1 aliphatic rings. The van der Waals surface area contributed by atoms with Crippen molar-refractivity contribution in [2.45, 2.75) is 18.6 Å². The van der Waals surface area contributed by atoms with E-state index >= 15 is 0 Å². The fourth-order valence-corrected chi connectivity index (χ4v) is 5.02. The number of anilines is 1. The quantitative estimate of drug-likeness (QED) is 0.453. The molecule has 32 heavy (non-hydrogen) atoms. The van der Waals surface area contributed by atoms with Gasteiger partial charge in [-0.2, -0.15) is 0 Å². The van der Waals surface area contributed by atoms with Crippen LogP contribution in [0, 0.1) is 0 Å². The Morgan fingerprint density at radius 1 is 0.906 bits per heavy atom. The first-order valence-corrected chi connectivity index (χ1v) is 11.6. The Hall–Kier alpha value is -1.95. The molecule has 0 radical (unpaired) electrons. The fourth-order valence-electron chi connectivity index (χ4n) is 4.37. The van der Waals surface area contributed by atoms with Crippen LogP contribution in [0.4, 0.5) is 5.69 Å². The number of aliphatic hydroxyl groups is 1. The normalized spacial score (nSPS) is 19.2. The highest BCUT2D eigenvalue weighted by atomic mass is 35.5. The second kappa shape index (κ2) is 10.3. The number of rotatable bonds is 6. The summed E-state index contributed by atoms with van der Waals surface area (Å²) in [5, 5.41) is 12.4. The first-order valence-electron chi connectivity index (χ1n) is 10.4. The first-order chi connectivity index (χ1) is 15.5. The zero-order valence-electron chi connectivity index (χ0n) is 17.7. The standard InChI is InChI=1S/C25H25Cl3N2O2/c1-32-21-9-2-17(3-10-21)15-29-12-13-30(23-11-8-20(27)14-22(23)28)25(24(29)16-31)18-4-6-19(26)7-5-18/h2-11,14,24-25,31H,12-13,15-16H2,1H3/t24-,25+/m1/s1. The van der Waals surface area contributed by atoms with E-state index in [1.807, 2.05) is 48.5 Å². The molecule has 1 N–H and O–H groups in total. The van der Waals surface area contributed by atoms with Crippen LogP contribution in [0.5, 0.6) is 5.75 Å². The molecule has 0 amide bonds. The van der Waals surface area contributed by atoms with E-state index in [2.05, 4.69) is 21.9 Å². The molecule has 4 nitrogen and oxygen atoms in total. The van der Waals surface area contributed by atoms with Crippen LogP contribution in [-0.2, 0) is 6.54 Å². The molecule has 1 saturated heterocycles. The summed E-state index contributed by atoms with van der Waals surface area (Å²) in [4.78, 5) is 4.58. The summed E-state index contributed by atoms with van der Waals surface area (Å²) in [5.74, 6) is 0.827. The number of hydrogen-bond donors (Lipinski definition) is 1. The fraction of sp³-hybridized carbons (Fsp3) is 0.280. The number of aliphatic hydroxyl groups excluding tert-OH is 1. The molecule has 1 heterocycles. The van der Waals surface area contributed by atoms with E-state index in [-0.39, 0.29) is 18.7 Å². The lowest BCUT2D eigenvalue weighted by Crippen LogP contribution is -2.56. The molecule has 1 aliphatic heterocycles. The van der Waals surface area contributed by atoms with Crippen LogP contribution in [0.2, 0.25) is 15.1 Å². The lowest BCUT2D eigenvalue weighted by molar-refractivity contribution is 0.0757. The summed E-state index contributed by atoms with van der Waals surface area (Å²) in [6.45, 7) is 2.26. The van der Waals surface area contributed by atoms with Crippen molar-refractivity contribution in [1.82, 2.24) is 4.90 Å². The van der Waals surface area contributed by atoms with Crippen LogP contribution in [-0.4, -0.2) is 42.9 Å². The minimum absolute atomic E-state index is 0.00512. The number of methoxy groups -OCH3 is 1. The number of benzene rings is 3. The van der Waals surface area contributed by atoms with Gasteiger partial charge in [0.15, 0.2) is 0 Å². The van der Waals surface area contributed by atoms with Crippen molar-refractivity contribution in [2.75, 3.05) is 31.7 Å². The molecule has 168 valence electrons. The highest BCUT2D eigenvalue weighted by Crippen LogP contribution is 2.40. The summed E-state index contributed by atoms with van der Waals surface area (Å²) in [6, 6.07) is 21.2. The van der Waals surface area contributed by atoms with Gasteiger partial charge in [-0.15, -0.1) is 0 Å². The van der Waals surface area contributed by atoms with E-state index < -0.39 is 0 Å². The van der Waals surface area contributed by atoms with Crippen LogP contribution < -0.4 is 9.64 Å². The van der Waals surface area contributed by atoms with Gasteiger partial charge in [0.1, 0.15) is 5.75 Å². The van der Waals surface area contributed by atoms with Crippen molar-refractivity contribution in [3.8, 4) is 5.75 Å². The van der Waals surface area contributed by atoms with E-state index in [9.17, 15) is 5.11 Å². The van der Waals surface area contributed by atoms with E-state index in [1.165, 1.54) is 0 Å². The van der Waals surface area contributed by atoms with Crippen molar-refractivity contribution < 1.29 is 9.84 Å². The topological polar surface area (TPSA) is 35.9 Å². The molecule has 0 unspecified atom stereocenters. The third-order valence-corrected chi connectivity index (χ3v) is 6.75. The van der Waals surface area contributed by atoms with E-state index in [0.29, 0.717) is 15.1 Å². The number of piperazine rings is 1. The molecule has 0 spiro atoms. The van der Waals surface area contributed by atoms with Crippen molar-refractivity contribution in [1.29, 1.82) is 0 Å². The maximum atomic E-state index is 10.5. The molecule has 0 aromatic heterocycles. The zero-order valence-corrected chi connectivity index (χ0v) is 20.0. The second-order valence-corrected chi connectivity index (χ2v) is 9.13. The van der Waals surface area contributed by atoms with Gasteiger partial charge < -0.3 is 14.7 Å². The smallest absolute Gasteiger partial charge is 0.118 e. The third kappa shape index (κ3) is 5.00. The molecule has 0 saturated carbocycles. The Bertz CT molecular complexity index is 1040. The van der Waals surface area contributed by atoms with Crippen molar-refractivity contribution >= 4 is 40.5 Å². The molecule has 3 aromatic carbocycles. The van der Waals surface area contributed by atoms with Crippen molar-refractivity contribution in [2.24, 2.45) is 0 Å². The molecule has 4 rings (SSSR count). The van der Waals surface area contributed by atoms with Crippen LogP contribution in [0.3, 0.4) is 0 Å². The Morgan fingerprint density at radius 3 is 2.22 bits per heavy atom. The van der Waals surface area contributed by atoms with Gasteiger partial charge >= 0.3 is 0 Å². The van der Waals surface area contributed by atoms with Crippen molar-refractivity contribution in [3.63, 3.8) is 0 Å². The minimum atomic E-state index is -0.140. The van der Waals surface area contributed by atoms with Gasteiger partial charge in [-0.05, 0) is 53.6 Å². The predicted molar refractivity (Wildman–Crippen MR) is 132 cm³/mol. The van der Waals surface area contributed by atoms with E-state index in [4.69, 9.17) is 39.5 Å². The number of hydrogen-bond acceptors (Lipinski definition) is 4. The molecule has 0 aliphatic carbocycles. The lowest BCUT2D eigenvalue weighted by Gasteiger charge is -2.48. The maximum Gasteiger partial charge on any atom is 0.118 e. The lowest BCUT2D eigenvalue weighted by atomic mass is 9.93. The van der Waals surface area contributed by atoms with Crippen LogP contribution in [0.1, 0.15) is 17.2 Å². The van der Waals surface area contributed by atoms with Crippen LogP contribution in [0.25, 0.3) is 0 Å². The largest absolute Gasteiger partial charge is 0.497 e. The summed E-state index contributed by atoms with van der Waals surface area (Å²) >= 11 is 18.9. The molecule has 7 heteroatoms. The van der Waals surface area contributed by atoms with Gasteiger partial charge in [0.05, 0.1) is 36.5 Å². The molecule has 3 aromatic rings.